The van der Waals surface area contributed by atoms with Crippen LogP contribution in [0, 0.1) is 13.8 Å². The van der Waals surface area contributed by atoms with E-state index in [9.17, 15) is 4.79 Å². The van der Waals surface area contributed by atoms with Crippen molar-refractivity contribution in [2.45, 2.75) is 27.7 Å². The van der Waals surface area contributed by atoms with Crippen molar-refractivity contribution in [2.75, 3.05) is 11.9 Å². The molecule has 4 nitrogen and oxygen atoms in total. The molecule has 0 aromatic carbocycles. The number of anilines is 1. The van der Waals surface area contributed by atoms with Crippen LogP contribution in [0.2, 0.25) is 0 Å². The number of nitrogens with zero attached hydrogens (tertiary/aromatic N) is 1. The maximum atomic E-state index is 11.0. The summed E-state index contributed by atoms with van der Waals surface area (Å²) in [4.78, 5) is 15.1. The Morgan fingerprint density at radius 3 is 2.73 bits per heavy atom. The van der Waals surface area contributed by atoms with Crippen molar-refractivity contribution in [3.8, 4) is 5.88 Å². The number of rotatable bonds is 0. The molecule has 1 aromatic heterocycles. The Kier molecular flexibility index (Phi) is 3.66. The normalized spacial score (nSPS) is 12.9. The molecule has 0 saturated carbocycles. The first-order chi connectivity index (χ1) is 7.18. The van der Waals surface area contributed by atoms with Crippen LogP contribution in [0.5, 0.6) is 5.88 Å². The second-order valence-corrected chi connectivity index (χ2v) is 3.08. The summed E-state index contributed by atoms with van der Waals surface area (Å²) in [7, 11) is 0. The van der Waals surface area contributed by atoms with Crippen molar-refractivity contribution >= 4 is 11.6 Å². The monoisotopic (exact) mass is 208 g/mol. The van der Waals surface area contributed by atoms with Gasteiger partial charge >= 0.3 is 0 Å². The first kappa shape index (κ1) is 11.5. The highest BCUT2D eigenvalue weighted by Crippen LogP contribution is 2.29. The van der Waals surface area contributed by atoms with Gasteiger partial charge in [0.1, 0.15) is 5.69 Å². The summed E-state index contributed by atoms with van der Waals surface area (Å²) in [6.45, 7) is 7.94. The third kappa shape index (κ3) is 2.26. The van der Waals surface area contributed by atoms with E-state index in [-0.39, 0.29) is 12.5 Å². The molecule has 2 heterocycles. The SMILES string of the molecule is CC.Cc1cnc2c(c1C)NC(=O)CO2. The van der Waals surface area contributed by atoms with Gasteiger partial charge < -0.3 is 10.1 Å². The van der Waals surface area contributed by atoms with Crippen LogP contribution in [0.1, 0.15) is 25.0 Å². The highest BCUT2D eigenvalue weighted by atomic mass is 16.5. The molecular formula is C11H16N2O2. The Bertz CT molecular complexity index is 375. The zero-order valence-corrected chi connectivity index (χ0v) is 9.55. The van der Waals surface area contributed by atoms with Gasteiger partial charge in [0, 0.05) is 6.20 Å². The highest BCUT2D eigenvalue weighted by Gasteiger charge is 2.19. The van der Waals surface area contributed by atoms with E-state index in [0.29, 0.717) is 11.6 Å². The molecule has 1 aromatic rings. The maximum Gasteiger partial charge on any atom is 0.262 e. The number of carbonyl (C=O) groups is 1. The van der Waals surface area contributed by atoms with Crippen LogP contribution in [0.15, 0.2) is 6.20 Å². The van der Waals surface area contributed by atoms with Crippen LogP contribution in [-0.2, 0) is 4.79 Å². The molecule has 1 aliphatic heterocycles. The molecule has 0 unspecified atom stereocenters. The Hall–Kier alpha value is -1.58. The average Bonchev–Trinajstić information content (AvgIpc) is 2.27. The van der Waals surface area contributed by atoms with Gasteiger partial charge in [-0.1, -0.05) is 13.8 Å². The number of aromatic nitrogens is 1. The molecule has 0 bridgehead atoms. The van der Waals surface area contributed by atoms with Crippen molar-refractivity contribution in [3.63, 3.8) is 0 Å². The number of hydrogen-bond donors (Lipinski definition) is 1. The van der Waals surface area contributed by atoms with Crippen molar-refractivity contribution in [3.05, 3.63) is 17.3 Å². The Morgan fingerprint density at radius 2 is 2.07 bits per heavy atom. The van der Waals surface area contributed by atoms with Gasteiger partial charge in [0.2, 0.25) is 5.88 Å². The minimum Gasteiger partial charge on any atom is -0.466 e. The lowest BCUT2D eigenvalue weighted by Crippen LogP contribution is -2.26. The number of pyridine rings is 1. The summed E-state index contributed by atoms with van der Waals surface area (Å²) < 4.78 is 5.15. The number of amides is 1. The zero-order chi connectivity index (χ0) is 11.4. The van der Waals surface area contributed by atoms with Crippen LogP contribution in [-0.4, -0.2) is 17.5 Å². The van der Waals surface area contributed by atoms with Gasteiger partial charge in [-0.25, -0.2) is 4.98 Å². The molecule has 0 spiro atoms. The fourth-order valence-electron chi connectivity index (χ4n) is 1.24. The molecule has 2 rings (SSSR count). The quantitative estimate of drug-likeness (QED) is 0.710. The lowest BCUT2D eigenvalue weighted by molar-refractivity contribution is -0.118. The van der Waals surface area contributed by atoms with Crippen LogP contribution in [0.25, 0.3) is 0 Å². The third-order valence-electron chi connectivity index (χ3n) is 2.16. The molecule has 82 valence electrons. The summed E-state index contributed by atoms with van der Waals surface area (Å²) in [6.07, 6.45) is 1.74. The first-order valence-corrected chi connectivity index (χ1v) is 5.07. The Morgan fingerprint density at radius 1 is 1.40 bits per heavy atom. The second-order valence-electron chi connectivity index (χ2n) is 3.08. The van der Waals surface area contributed by atoms with E-state index in [4.69, 9.17) is 4.74 Å². The summed E-state index contributed by atoms with van der Waals surface area (Å²) in [5.41, 5.74) is 2.76. The summed E-state index contributed by atoms with van der Waals surface area (Å²) in [6, 6.07) is 0. The smallest absolute Gasteiger partial charge is 0.262 e. The van der Waals surface area contributed by atoms with Gasteiger partial charge in [-0.15, -0.1) is 0 Å². The predicted molar refractivity (Wildman–Crippen MR) is 59.2 cm³/mol. The molecule has 0 atom stereocenters. The Labute approximate surface area is 89.7 Å². The summed E-state index contributed by atoms with van der Waals surface area (Å²) in [5.74, 6) is 0.394. The van der Waals surface area contributed by atoms with Crippen molar-refractivity contribution in [2.24, 2.45) is 0 Å². The third-order valence-corrected chi connectivity index (χ3v) is 2.16. The average molecular weight is 208 g/mol. The molecule has 15 heavy (non-hydrogen) atoms. The molecule has 0 aliphatic carbocycles. The molecular weight excluding hydrogens is 192 g/mol. The van der Waals surface area contributed by atoms with Crippen LogP contribution in [0.3, 0.4) is 0 Å². The molecule has 0 radical (unpaired) electrons. The van der Waals surface area contributed by atoms with Gasteiger partial charge in [-0.2, -0.15) is 0 Å². The van der Waals surface area contributed by atoms with Gasteiger partial charge in [0.25, 0.3) is 5.91 Å². The summed E-state index contributed by atoms with van der Waals surface area (Å²) in [5, 5.41) is 2.74. The van der Waals surface area contributed by atoms with Gasteiger partial charge in [-0.05, 0) is 25.0 Å². The van der Waals surface area contributed by atoms with Crippen molar-refractivity contribution in [1.29, 1.82) is 0 Å². The fraction of sp³-hybridized carbons (Fsp3) is 0.455. The van der Waals surface area contributed by atoms with E-state index < -0.39 is 0 Å². The van der Waals surface area contributed by atoms with Gasteiger partial charge in [0.15, 0.2) is 6.61 Å². The molecule has 1 N–H and O–H groups in total. The van der Waals surface area contributed by atoms with Gasteiger partial charge in [-0.3, -0.25) is 4.79 Å². The predicted octanol–water partition coefficient (Wildman–Crippen LogP) is 2.06. The highest BCUT2D eigenvalue weighted by molar-refractivity contribution is 5.95. The topological polar surface area (TPSA) is 51.2 Å². The minimum absolute atomic E-state index is 0.0580. The van der Waals surface area contributed by atoms with E-state index in [1.807, 2.05) is 27.7 Å². The summed E-state index contributed by atoms with van der Waals surface area (Å²) >= 11 is 0. The number of hydrogen-bond acceptors (Lipinski definition) is 3. The lowest BCUT2D eigenvalue weighted by Gasteiger charge is -2.19. The fourth-order valence-corrected chi connectivity index (χ4v) is 1.24. The number of carbonyl (C=O) groups excluding carboxylic acids is 1. The molecule has 0 saturated heterocycles. The van der Waals surface area contributed by atoms with Crippen LogP contribution in [0.4, 0.5) is 5.69 Å². The molecule has 0 fully saturated rings. The van der Waals surface area contributed by atoms with E-state index in [1.165, 1.54) is 0 Å². The number of ether oxygens (including phenoxy) is 1. The van der Waals surface area contributed by atoms with E-state index in [2.05, 4.69) is 10.3 Å². The molecule has 1 aliphatic rings. The largest absolute Gasteiger partial charge is 0.466 e. The second kappa shape index (κ2) is 4.77. The minimum atomic E-state index is -0.122. The standard InChI is InChI=1S/C9H10N2O2.C2H6/c1-5-3-10-9-8(6(5)2)11-7(12)4-13-9;1-2/h3H,4H2,1-2H3,(H,11,12);1-2H3. The number of fused-ring (bicyclic) bond motifs is 1. The van der Waals surface area contributed by atoms with E-state index in [1.54, 1.807) is 6.20 Å². The van der Waals surface area contributed by atoms with Gasteiger partial charge in [0.05, 0.1) is 0 Å². The van der Waals surface area contributed by atoms with Crippen molar-refractivity contribution in [1.82, 2.24) is 4.98 Å². The van der Waals surface area contributed by atoms with Crippen molar-refractivity contribution < 1.29 is 9.53 Å². The lowest BCUT2D eigenvalue weighted by atomic mass is 10.1. The number of nitrogens with one attached hydrogen (secondary N) is 1. The Balaban J connectivity index is 0.000000531. The van der Waals surface area contributed by atoms with E-state index in [0.717, 1.165) is 11.1 Å². The van der Waals surface area contributed by atoms with Crippen LogP contribution >= 0.6 is 0 Å². The van der Waals surface area contributed by atoms with Crippen LogP contribution < -0.4 is 10.1 Å². The maximum absolute atomic E-state index is 11.0. The number of aryl methyl sites for hydroxylation is 1. The van der Waals surface area contributed by atoms with E-state index >= 15 is 0 Å². The first-order valence-electron chi connectivity index (χ1n) is 5.07. The zero-order valence-electron chi connectivity index (χ0n) is 9.55. The molecule has 1 amide bonds. The molecule has 4 heteroatoms.